The molecule has 16 heteroatoms. The molecule has 7 aromatic carbocycles. The summed E-state index contributed by atoms with van der Waals surface area (Å²) in [6.07, 6.45) is 26.6. The van der Waals surface area contributed by atoms with E-state index in [9.17, 15) is 19.2 Å². The van der Waals surface area contributed by atoms with Gasteiger partial charge in [-0.05, 0) is 124 Å². The van der Waals surface area contributed by atoms with Crippen molar-refractivity contribution in [3.8, 4) is 46.0 Å². The number of benzene rings is 7. The quantitative estimate of drug-likeness (QED) is 0.0158. The first-order chi connectivity index (χ1) is 47.1. The van der Waals surface area contributed by atoms with Crippen molar-refractivity contribution in [1.29, 1.82) is 0 Å². The number of Topliss-reactive ketones (excluding diaryl/α,β-unsaturated/α-hetero) is 3. The Kier molecular flexibility index (Phi) is 29.9. The van der Waals surface area contributed by atoms with Crippen LogP contribution in [0.3, 0.4) is 0 Å². The van der Waals surface area contributed by atoms with Gasteiger partial charge in [-0.25, -0.2) is 4.79 Å². The fourth-order valence-electron chi connectivity index (χ4n) is 11.9. The van der Waals surface area contributed by atoms with Crippen LogP contribution < -0.4 is 37.9 Å². The molecule has 0 radical (unpaired) electrons. The number of carbonyl (C=O) groups excluding carboxylic acids is 4. The zero-order valence-corrected chi connectivity index (χ0v) is 59.2. The monoisotopic (exact) mass is 1330 g/mol. The van der Waals surface area contributed by atoms with E-state index in [0.29, 0.717) is 92.6 Å². The number of rotatable bonds is 35. The predicted molar refractivity (Wildman–Crippen MR) is 389 cm³/mol. The highest BCUT2D eigenvalue weighted by atomic mass is 16.5. The van der Waals surface area contributed by atoms with Crippen LogP contribution >= 0.6 is 0 Å². The summed E-state index contributed by atoms with van der Waals surface area (Å²) >= 11 is 0. The average Bonchev–Trinajstić information content (AvgIpc) is 1.54. The van der Waals surface area contributed by atoms with Gasteiger partial charge < -0.3 is 60.7 Å². The maximum absolute atomic E-state index is 11.4. The first kappa shape index (κ1) is 75.2. The summed E-state index contributed by atoms with van der Waals surface area (Å²) in [4.78, 5) is 44.1. The third-order valence-corrected chi connectivity index (χ3v) is 17.6. The topological polar surface area (TPSA) is 191 Å². The minimum absolute atomic E-state index is 0.0403. The van der Waals surface area contributed by atoms with Crippen LogP contribution in [-0.2, 0) is 19.1 Å². The molecule has 0 spiro atoms. The minimum atomic E-state index is -0.368. The Bertz CT molecular complexity index is 3930. The van der Waals surface area contributed by atoms with E-state index in [0.717, 1.165) is 98.7 Å². The van der Waals surface area contributed by atoms with E-state index in [-0.39, 0.29) is 23.5 Å². The van der Waals surface area contributed by atoms with E-state index >= 15 is 0 Å². The van der Waals surface area contributed by atoms with E-state index in [1.165, 1.54) is 96.0 Å². The van der Waals surface area contributed by atoms with Gasteiger partial charge in [-0.3, -0.25) is 9.59 Å². The van der Waals surface area contributed by atoms with Crippen LogP contribution in [0.5, 0.6) is 46.0 Å². The second kappa shape index (κ2) is 38.5. The number of ether oxygens (including phenoxy) is 9. The standard InChI is InChI=1S/C30H24O9.C19H38O.C17H22O4.C15H16O2/c1-31-19-7-13-16(10-22(19)34-4)37-28-25(13)29-27(14-8-20(32-2)23(35-5)11-17(14)38-29)30-26(28)15-9-21(33-3)24(36-6)12-18(15)39-30;1-3-4-5-6-7-8-9-10-11-12-13-14-15-16-17-18-19(2)20;1-3-17(19)21-13-7-5-4-6-12-20-16-10-8-15(9-11-16)14(2)18;1-10(11(2)16)12-4-5-14-9-15(17-3)7-6-13(14)8-12/h7-12H,1-6H3;3-18H2,1-2H3;3,8-11H,1,4-7,12-13H2,2H3;4-10H,1-3H3. The van der Waals surface area contributed by atoms with Crippen LogP contribution in [-0.4, -0.2) is 86.3 Å². The largest absolute Gasteiger partial charge is 0.497 e. The highest BCUT2D eigenvalue weighted by Crippen LogP contribution is 2.51. The first-order valence-electron chi connectivity index (χ1n) is 34.2. The van der Waals surface area contributed by atoms with Crippen molar-refractivity contribution in [2.24, 2.45) is 0 Å². The second-order valence-corrected chi connectivity index (χ2v) is 24.5. The molecule has 0 fully saturated rings. The van der Waals surface area contributed by atoms with Gasteiger partial charge in [-0.2, -0.15) is 0 Å². The van der Waals surface area contributed by atoms with Crippen molar-refractivity contribution < 1.29 is 75.1 Å². The van der Waals surface area contributed by atoms with Gasteiger partial charge in [0, 0.05) is 58.3 Å². The predicted octanol–water partition coefficient (Wildman–Crippen LogP) is 21.4. The fourth-order valence-corrected chi connectivity index (χ4v) is 11.9. The molecular formula is C81H100O16. The molecule has 0 bridgehead atoms. The Morgan fingerprint density at radius 1 is 0.433 bits per heavy atom. The maximum Gasteiger partial charge on any atom is 0.330 e. The summed E-state index contributed by atoms with van der Waals surface area (Å²) in [5.41, 5.74) is 5.41. The van der Waals surface area contributed by atoms with Crippen LogP contribution in [0, 0.1) is 0 Å². The number of furan rings is 3. The van der Waals surface area contributed by atoms with Gasteiger partial charge in [0.25, 0.3) is 0 Å². The summed E-state index contributed by atoms with van der Waals surface area (Å²) in [6, 6.07) is 30.3. The van der Waals surface area contributed by atoms with Gasteiger partial charge in [0.2, 0.25) is 0 Å². The van der Waals surface area contributed by atoms with Gasteiger partial charge in [0.1, 0.15) is 39.8 Å². The number of hydrogen-bond acceptors (Lipinski definition) is 16. The molecule has 0 N–H and O–H groups in total. The molecule has 10 aromatic rings. The van der Waals surface area contributed by atoms with E-state index < -0.39 is 0 Å². The third-order valence-electron chi connectivity index (χ3n) is 17.6. The lowest BCUT2D eigenvalue weighted by Crippen LogP contribution is -2.03. The van der Waals surface area contributed by atoms with Gasteiger partial charge in [0.05, 0.1) is 79.1 Å². The first-order valence-corrected chi connectivity index (χ1v) is 34.2. The zero-order valence-electron chi connectivity index (χ0n) is 59.2. The maximum atomic E-state index is 11.4. The Balaban J connectivity index is 0.000000196. The number of unbranched alkanes of at least 4 members (excludes halogenated alkanes) is 17. The molecule has 0 saturated heterocycles. The van der Waals surface area contributed by atoms with Crippen molar-refractivity contribution in [3.63, 3.8) is 0 Å². The van der Waals surface area contributed by atoms with Gasteiger partial charge >= 0.3 is 5.97 Å². The van der Waals surface area contributed by atoms with Gasteiger partial charge in [-0.15, -0.1) is 0 Å². The summed E-state index contributed by atoms with van der Waals surface area (Å²) in [5.74, 6) is 5.20. The van der Waals surface area contributed by atoms with E-state index in [1.54, 1.807) is 82.7 Å². The zero-order chi connectivity index (χ0) is 69.8. The molecule has 520 valence electrons. The molecule has 97 heavy (non-hydrogen) atoms. The molecule has 0 saturated carbocycles. The van der Waals surface area contributed by atoms with Crippen molar-refractivity contribution in [2.45, 2.75) is 169 Å². The lowest BCUT2D eigenvalue weighted by Gasteiger charge is -2.09. The molecule has 1 atom stereocenters. The molecule has 1 unspecified atom stereocenters. The molecular weight excluding hydrogens is 1230 g/mol. The molecule has 10 rings (SSSR count). The van der Waals surface area contributed by atoms with Crippen molar-refractivity contribution in [1.82, 2.24) is 0 Å². The molecule has 3 aromatic heterocycles. The lowest BCUT2D eigenvalue weighted by atomic mass is 9.95. The number of methoxy groups -OCH3 is 7. The van der Waals surface area contributed by atoms with Crippen LogP contribution in [0.1, 0.15) is 185 Å². The van der Waals surface area contributed by atoms with Crippen molar-refractivity contribution in [2.75, 3.05) is 63.0 Å². The highest BCUT2D eigenvalue weighted by molar-refractivity contribution is 6.36. The Hall–Kier alpha value is -9.18. The summed E-state index contributed by atoms with van der Waals surface area (Å²) < 4.78 is 68.7. The van der Waals surface area contributed by atoms with E-state index in [4.69, 9.17) is 55.9 Å². The third kappa shape index (κ3) is 20.4. The second-order valence-electron chi connectivity index (χ2n) is 24.5. The van der Waals surface area contributed by atoms with E-state index in [1.807, 2.05) is 85.8 Å². The highest BCUT2D eigenvalue weighted by Gasteiger charge is 2.28. The van der Waals surface area contributed by atoms with Gasteiger partial charge in [-0.1, -0.05) is 135 Å². The summed E-state index contributed by atoms with van der Waals surface area (Å²) in [5, 5.41) is 7.02. The number of ketones is 3. The molecule has 0 aliphatic rings. The average molecular weight is 1330 g/mol. The molecule has 0 aliphatic carbocycles. The van der Waals surface area contributed by atoms with E-state index in [2.05, 4.69) is 19.6 Å². The molecule has 3 heterocycles. The van der Waals surface area contributed by atoms with Crippen molar-refractivity contribution in [3.05, 3.63) is 121 Å². The summed E-state index contributed by atoms with van der Waals surface area (Å²) in [7, 11) is 11.2. The Morgan fingerprint density at radius 2 is 0.814 bits per heavy atom. The fraction of sp³-hybridized carbons (Fsp3) is 0.432. The molecule has 16 nitrogen and oxygen atoms in total. The summed E-state index contributed by atoms with van der Waals surface area (Å²) in [6.45, 7) is 13.5. The Morgan fingerprint density at radius 3 is 1.21 bits per heavy atom. The molecule has 0 aliphatic heterocycles. The van der Waals surface area contributed by atoms with Crippen LogP contribution in [0.4, 0.5) is 0 Å². The van der Waals surface area contributed by atoms with Gasteiger partial charge in [0.15, 0.2) is 57.0 Å². The lowest BCUT2D eigenvalue weighted by molar-refractivity contribution is -0.137. The number of esters is 1. The number of fused-ring (bicyclic) bond motifs is 13. The number of hydrogen-bond donors (Lipinski definition) is 0. The smallest absolute Gasteiger partial charge is 0.330 e. The SMILES string of the molecule is C=CC(=O)OCCCCCCOc1ccc(C(C)=O)cc1.CCCCCCCCCCCCCCCCCC(C)=O.COc1cc2oc3c(c2cc1OC)c1oc2cc(OC)c(OC)cc2c1c1oc2cc(OC)c(OC)cc2c31.COc1ccc2cc(C(C)C(C)=O)ccc2c1. The molecule has 0 amide bonds. The minimum Gasteiger partial charge on any atom is -0.497 e. The normalized spacial score (nSPS) is 11.3. The van der Waals surface area contributed by atoms with Crippen LogP contribution in [0.25, 0.3) is 76.6 Å². The Labute approximate surface area is 571 Å². The van der Waals surface area contributed by atoms with Crippen LogP contribution in [0.2, 0.25) is 0 Å². The number of carbonyl (C=O) groups is 4. The van der Waals surface area contributed by atoms with Crippen LogP contribution in [0.15, 0.2) is 123 Å². The van der Waals surface area contributed by atoms with Crippen molar-refractivity contribution >= 4 is 99.9 Å².